The number of nitriles is 1. The number of nitrogen functional groups attached to an aromatic ring is 1. The number of hydrogen-bond acceptors (Lipinski definition) is 7. The van der Waals surface area contributed by atoms with E-state index in [4.69, 9.17) is 10.5 Å². The first kappa shape index (κ1) is 22.5. The Morgan fingerprint density at radius 2 is 1.97 bits per heavy atom. The van der Waals surface area contributed by atoms with Gasteiger partial charge in [0, 0.05) is 22.9 Å². The van der Waals surface area contributed by atoms with Crippen LogP contribution in [0.4, 0.5) is 32.8 Å². The molecule has 0 aliphatic heterocycles. The number of nitrogens with zero attached hydrogens (tertiary/aromatic N) is 3. The summed E-state index contributed by atoms with van der Waals surface area (Å²) >= 11 is 0.698. The molecule has 2 heterocycles. The van der Waals surface area contributed by atoms with Crippen molar-refractivity contribution < 1.29 is 26.7 Å². The lowest BCUT2D eigenvalue weighted by atomic mass is 9.92. The zero-order chi connectivity index (χ0) is 24.1. The van der Waals surface area contributed by atoms with Crippen molar-refractivity contribution in [2.45, 2.75) is 13.1 Å². The summed E-state index contributed by atoms with van der Waals surface area (Å²) in [5, 5.41) is 11.8. The number of halogens is 5. The van der Waals surface area contributed by atoms with E-state index in [9.17, 15) is 22.8 Å². The van der Waals surface area contributed by atoms with Gasteiger partial charge in [0.1, 0.15) is 28.2 Å². The molecule has 6 nitrogen and oxygen atoms in total. The number of thiophene rings is 1. The summed E-state index contributed by atoms with van der Waals surface area (Å²) in [6.07, 6.45) is -5.00. The van der Waals surface area contributed by atoms with Gasteiger partial charge in [-0.3, -0.25) is 0 Å². The number of aromatic nitrogens is 2. The van der Waals surface area contributed by atoms with Crippen LogP contribution < -0.4 is 15.8 Å². The van der Waals surface area contributed by atoms with Crippen LogP contribution in [0.15, 0.2) is 18.2 Å². The van der Waals surface area contributed by atoms with Crippen LogP contribution in [0.2, 0.25) is 0 Å². The van der Waals surface area contributed by atoms with Gasteiger partial charge in [-0.15, -0.1) is 11.3 Å². The zero-order valence-electron chi connectivity index (χ0n) is 17.1. The van der Waals surface area contributed by atoms with Crippen LogP contribution in [0.3, 0.4) is 0 Å². The molecular weight excluding hydrogens is 465 g/mol. The topological polar surface area (TPSA) is 96.8 Å². The summed E-state index contributed by atoms with van der Waals surface area (Å²) in [6.45, 7) is 1.98. The van der Waals surface area contributed by atoms with Gasteiger partial charge >= 0.3 is 12.2 Å². The Balaban J connectivity index is 2.23. The molecule has 0 aliphatic carbocycles. The quantitative estimate of drug-likeness (QED) is 0.365. The fraction of sp³-hybridized carbons (Fsp3) is 0.190. The highest BCUT2D eigenvalue weighted by Crippen LogP contribution is 2.47. The first-order chi connectivity index (χ1) is 15.6. The summed E-state index contributed by atoms with van der Waals surface area (Å²) in [7, 11) is 1.23. The molecule has 3 N–H and O–H groups in total. The fourth-order valence-electron chi connectivity index (χ4n) is 3.60. The van der Waals surface area contributed by atoms with E-state index >= 15 is 4.39 Å². The van der Waals surface area contributed by atoms with Crippen molar-refractivity contribution in [2.24, 2.45) is 0 Å². The Kier molecular flexibility index (Phi) is 5.45. The number of alkyl halides is 3. The van der Waals surface area contributed by atoms with Crippen molar-refractivity contribution >= 4 is 43.1 Å². The van der Waals surface area contributed by atoms with Crippen LogP contribution in [-0.4, -0.2) is 23.6 Å². The van der Waals surface area contributed by atoms with Gasteiger partial charge in [0.15, 0.2) is 5.82 Å². The Labute approximate surface area is 187 Å². The average molecular weight is 479 g/mol. The molecule has 12 heteroatoms. The molecule has 4 rings (SSSR count). The molecule has 33 heavy (non-hydrogen) atoms. The third-order valence-electron chi connectivity index (χ3n) is 4.94. The SMILES string of the molecule is CCNc1nc(OC)nc2c(F)c(-c3ccc(F)c4sc(N)c(C#N)c34)c(C(F)(F)F)cc12. The van der Waals surface area contributed by atoms with Crippen molar-refractivity contribution in [3.63, 3.8) is 0 Å². The van der Waals surface area contributed by atoms with Crippen LogP contribution in [0.5, 0.6) is 6.01 Å². The molecule has 0 spiro atoms. The maximum absolute atomic E-state index is 15.9. The minimum Gasteiger partial charge on any atom is -0.467 e. The van der Waals surface area contributed by atoms with Gasteiger partial charge in [0.05, 0.1) is 22.9 Å². The molecule has 0 amide bonds. The van der Waals surface area contributed by atoms with Crippen molar-refractivity contribution in [3.05, 3.63) is 41.0 Å². The molecule has 170 valence electrons. The predicted octanol–water partition coefficient (Wildman–Crippen LogP) is 5.70. The second-order valence-electron chi connectivity index (χ2n) is 6.85. The van der Waals surface area contributed by atoms with E-state index in [0.717, 1.165) is 18.2 Å². The average Bonchev–Trinajstić information content (AvgIpc) is 3.11. The Bertz CT molecular complexity index is 1460. The van der Waals surface area contributed by atoms with Gasteiger partial charge in [-0.25, -0.2) is 8.78 Å². The lowest BCUT2D eigenvalue weighted by Crippen LogP contribution is -2.11. The Morgan fingerprint density at radius 1 is 1.24 bits per heavy atom. The van der Waals surface area contributed by atoms with Crippen LogP contribution in [0.25, 0.3) is 32.1 Å². The standard InChI is InChI=1S/C21H14F5N5OS/c1-3-29-19-9-6-11(21(24,25)26)14(15(23)16(9)30-20(31-19)32-2)8-4-5-12(22)17-13(8)10(7-27)18(28)33-17/h4-6H,3,28H2,1-2H3,(H,29,30,31). The van der Waals surface area contributed by atoms with E-state index in [0.29, 0.717) is 11.3 Å². The molecule has 4 aromatic rings. The summed E-state index contributed by atoms with van der Waals surface area (Å²) in [6, 6.07) is 4.14. The highest BCUT2D eigenvalue weighted by atomic mass is 32.1. The van der Waals surface area contributed by atoms with Crippen molar-refractivity contribution in [3.8, 4) is 23.2 Å². The summed E-state index contributed by atoms with van der Waals surface area (Å²) in [4.78, 5) is 7.90. The van der Waals surface area contributed by atoms with Gasteiger partial charge in [0.25, 0.3) is 0 Å². The second-order valence-corrected chi connectivity index (χ2v) is 7.90. The fourth-order valence-corrected chi connectivity index (χ4v) is 4.54. The first-order valence-electron chi connectivity index (χ1n) is 9.42. The molecule has 0 saturated carbocycles. The van der Waals surface area contributed by atoms with E-state index in [2.05, 4.69) is 15.3 Å². The zero-order valence-corrected chi connectivity index (χ0v) is 17.9. The minimum atomic E-state index is -5.00. The second kappa shape index (κ2) is 8.00. The van der Waals surface area contributed by atoms with E-state index in [1.165, 1.54) is 7.11 Å². The number of hydrogen-bond donors (Lipinski definition) is 2. The minimum absolute atomic E-state index is 0.0444. The van der Waals surface area contributed by atoms with Crippen LogP contribution in [0.1, 0.15) is 18.1 Å². The van der Waals surface area contributed by atoms with Gasteiger partial charge in [-0.2, -0.15) is 28.4 Å². The molecular formula is C21H14F5N5OS. The molecule has 0 atom stereocenters. The Hall–Kier alpha value is -3.72. The molecule has 0 bridgehead atoms. The molecule has 0 radical (unpaired) electrons. The third-order valence-corrected chi connectivity index (χ3v) is 5.97. The summed E-state index contributed by atoms with van der Waals surface area (Å²) < 4.78 is 77.6. The summed E-state index contributed by atoms with van der Waals surface area (Å²) in [5.74, 6) is -2.15. The molecule has 0 fully saturated rings. The summed E-state index contributed by atoms with van der Waals surface area (Å²) in [5.41, 5.74) is 2.59. The van der Waals surface area contributed by atoms with Crippen LogP contribution >= 0.6 is 11.3 Å². The van der Waals surface area contributed by atoms with Crippen LogP contribution in [0, 0.1) is 23.0 Å². The van der Waals surface area contributed by atoms with Gasteiger partial charge in [-0.05, 0) is 24.6 Å². The lowest BCUT2D eigenvalue weighted by Gasteiger charge is -2.18. The number of anilines is 2. The highest BCUT2D eigenvalue weighted by Gasteiger charge is 2.38. The molecule has 2 aromatic heterocycles. The molecule has 0 saturated heterocycles. The van der Waals surface area contributed by atoms with Gasteiger partial charge in [0.2, 0.25) is 0 Å². The van der Waals surface area contributed by atoms with Crippen molar-refractivity contribution in [2.75, 3.05) is 24.7 Å². The number of methoxy groups -OCH3 is 1. The normalized spacial score (nSPS) is 11.7. The van der Waals surface area contributed by atoms with Crippen molar-refractivity contribution in [1.82, 2.24) is 9.97 Å². The number of benzene rings is 2. The van der Waals surface area contributed by atoms with E-state index in [-0.39, 0.29) is 50.0 Å². The number of fused-ring (bicyclic) bond motifs is 2. The first-order valence-corrected chi connectivity index (χ1v) is 10.2. The number of rotatable bonds is 4. The monoisotopic (exact) mass is 479 g/mol. The predicted molar refractivity (Wildman–Crippen MR) is 115 cm³/mol. The van der Waals surface area contributed by atoms with E-state index < -0.39 is 34.5 Å². The molecule has 0 aliphatic rings. The number of ether oxygens (including phenoxy) is 1. The highest BCUT2D eigenvalue weighted by molar-refractivity contribution is 7.23. The largest absolute Gasteiger partial charge is 0.467 e. The molecule has 0 unspecified atom stereocenters. The number of nitrogens with one attached hydrogen (secondary N) is 1. The Morgan fingerprint density at radius 3 is 2.58 bits per heavy atom. The van der Waals surface area contributed by atoms with Crippen LogP contribution in [-0.2, 0) is 6.18 Å². The smallest absolute Gasteiger partial charge is 0.417 e. The van der Waals surface area contributed by atoms with Gasteiger partial charge in [-0.1, -0.05) is 6.07 Å². The maximum Gasteiger partial charge on any atom is 0.417 e. The van der Waals surface area contributed by atoms with E-state index in [1.54, 1.807) is 13.0 Å². The van der Waals surface area contributed by atoms with Crippen molar-refractivity contribution in [1.29, 1.82) is 5.26 Å². The van der Waals surface area contributed by atoms with E-state index in [1.807, 2.05) is 0 Å². The lowest BCUT2D eigenvalue weighted by molar-refractivity contribution is -0.137. The van der Waals surface area contributed by atoms with Gasteiger partial charge < -0.3 is 15.8 Å². The molecule has 2 aromatic carbocycles. The third kappa shape index (κ3) is 3.54. The maximum atomic E-state index is 15.9. The number of nitrogens with two attached hydrogens (primary N) is 1.